The highest BCUT2D eigenvalue weighted by Crippen LogP contribution is 2.46. The van der Waals surface area contributed by atoms with E-state index < -0.39 is 0 Å². The smallest absolute Gasteiger partial charge is 0.00134 e. The monoisotopic (exact) mass is 644 g/mol. The Balaban J connectivity index is 1.08. The molecule has 11 rings (SSSR count). The van der Waals surface area contributed by atoms with Gasteiger partial charge < -0.3 is 0 Å². The minimum atomic E-state index is 1.02. The minimum Gasteiger partial charge on any atom is -0.0619 e. The van der Waals surface area contributed by atoms with Gasteiger partial charge in [-0.05, 0) is 134 Å². The molecule has 51 heavy (non-hydrogen) atoms. The predicted molar refractivity (Wildman–Crippen MR) is 219 cm³/mol. The Morgan fingerprint density at radius 1 is 0.255 bits per heavy atom. The summed E-state index contributed by atoms with van der Waals surface area (Å²) in [5.74, 6) is 0. The van der Waals surface area contributed by atoms with E-state index in [1.807, 2.05) is 0 Å². The van der Waals surface area contributed by atoms with E-state index in [1.165, 1.54) is 109 Å². The number of benzene rings is 10. The van der Waals surface area contributed by atoms with Crippen molar-refractivity contribution in [2.75, 3.05) is 0 Å². The number of rotatable bonds is 3. The molecule has 0 unspecified atom stereocenters. The lowest BCUT2D eigenvalue weighted by Crippen LogP contribution is -1.92. The first-order valence-electron chi connectivity index (χ1n) is 17.9. The second kappa shape index (κ2) is 11.0. The lowest BCUT2D eigenvalue weighted by Gasteiger charge is -2.19. The van der Waals surface area contributed by atoms with Gasteiger partial charge in [-0.2, -0.15) is 0 Å². The number of hydrogen-bond acceptors (Lipinski definition) is 0. The average Bonchev–Trinajstić information content (AvgIpc) is 3.57. The van der Waals surface area contributed by atoms with Gasteiger partial charge in [-0.25, -0.2) is 0 Å². The van der Waals surface area contributed by atoms with E-state index in [9.17, 15) is 0 Å². The van der Waals surface area contributed by atoms with Crippen LogP contribution in [0.25, 0.3) is 98.4 Å². The summed E-state index contributed by atoms with van der Waals surface area (Å²) >= 11 is 0. The molecule has 0 heterocycles. The Morgan fingerprint density at radius 2 is 0.784 bits per heavy atom. The molecule has 0 saturated carbocycles. The molecule has 0 spiro atoms. The molecule has 0 amide bonds. The second-order valence-corrected chi connectivity index (χ2v) is 14.0. The fourth-order valence-electron chi connectivity index (χ4n) is 8.87. The Kier molecular flexibility index (Phi) is 6.12. The second-order valence-electron chi connectivity index (χ2n) is 14.0. The van der Waals surface area contributed by atoms with Crippen molar-refractivity contribution >= 4 is 53.9 Å². The van der Waals surface area contributed by atoms with Crippen LogP contribution < -0.4 is 0 Å². The molecule has 0 nitrogen and oxygen atoms in total. The van der Waals surface area contributed by atoms with Crippen LogP contribution in [0.1, 0.15) is 11.1 Å². The molecule has 1 aliphatic rings. The molecule has 0 heteroatoms. The van der Waals surface area contributed by atoms with E-state index in [2.05, 4.69) is 182 Å². The van der Waals surface area contributed by atoms with Crippen molar-refractivity contribution in [1.29, 1.82) is 0 Å². The zero-order valence-electron chi connectivity index (χ0n) is 28.0. The maximum atomic E-state index is 2.38. The summed E-state index contributed by atoms with van der Waals surface area (Å²) in [5.41, 5.74) is 13.2. The molecule has 0 saturated heterocycles. The van der Waals surface area contributed by atoms with Gasteiger partial charge in [0.25, 0.3) is 0 Å². The van der Waals surface area contributed by atoms with Crippen molar-refractivity contribution in [3.05, 3.63) is 193 Å². The molecule has 0 bridgehead atoms. The molecule has 1 aliphatic carbocycles. The third kappa shape index (κ3) is 4.33. The fourth-order valence-corrected chi connectivity index (χ4v) is 8.87. The van der Waals surface area contributed by atoms with Gasteiger partial charge in [0, 0.05) is 0 Å². The van der Waals surface area contributed by atoms with Crippen LogP contribution in [0, 0.1) is 0 Å². The van der Waals surface area contributed by atoms with Crippen LogP contribution in [-0.2, 0) is 6.42 Å². The van der Waals surface area contributed by atoms with Crippen molar-refractivity contribution in [3.63, 3.8) is 0 Å². The van der Waals surface area contributed by atoms with Crippen LogP contribution in [0.3, 0.4) is 0 Å². The van der Waals surface area contributed by atoms with Crippen LogP contribution in [0.4, 0.5) is 0 Å². The van der Waals surface area contributed by atoms with Gasteiger partial charge in [-0.1, -0.05) is 164 Å². The van der Waals surface area contributed by atoms with Crippen LogP contribution >= 0.6 is 0 Å². The lowest BCUT2D eigenvalue weighted by molar-refractivity contribution is 1.26. The summed E-state index contributed by atoms with van der Waals surface area (Å²) in [4.78, 5) is 0. The SMILES string of the molecule is c1ccc2c(c1)Cc1ccc(-c3ccc4cc(-c5c6ccccc6c(-c6cccc7c6ccc6ccccc67)c6ccccc56)ccc4c3)cc1-2. The summed E-state index contributed by atoms with van der Waals surface area (Å²) < 4.78 is 0. The topological polar surface area (TPSA) is 0 Å². The van der Waals surface area contributed by atoms with Gasteiger partial charge >= 0.3 is 0 Å². The zero-order valence-corrected chi connectivity index (χ0v) is 28.0. The summed E-state index contributed by atoms with van der Waals surface area (Å²) in [7, 11) is 0. The van der Waals surface area contributed by atoms with Crippen molar-refractivity contribution in [3.8, 4) is 44.5 Å². The van der Waals surface area contributed by atoms with Gasteiger partial charge in [0.15, 0.2) is 0 Å². The largest absolute Gasteiger partial charge is 0.0619 e. The molecular formula is C51H32. The fraction of sp³-hybridized carbons (Fsp3) is 0.0196. The van der Waals surface area contributed by atoms with E-state index in [1.54, 1.807) is 0 Å². The van der Waals surface area contributed by atoms with Gasteiger partial charge in [-0.3, -0.25) is 0 Å². The molecule has 0 N–H and O–H groups in total. The van der Waals surface area contributed by atoms with E-state index in [-0.39, 0.29) is 0 Å². The van der Waals surface area contributed by atoms with Crippen LogP contribution in [0.2, 0.25) is 0 Å². The van der Waals surface area contributed by atoms with Crippen molar-refractivity contribution < 1.29 is 0 Å². The first-order chi connectivity index (χ1) is 25.3. The van der Waals surface area contributed by atoms with Crippen molar-refractivity contribution in [1.82, 2.24) is 0 Å². The van der Waals surface area contributed by atoms with Crippen molar-refractivity contribution in [2.45, 2.75) is 6.42 Å². The van der Waals surface area contributed by atoms with Gasteiger partial charge in [0.05, 0.1) is 0 Å². The minimum absolute atomic E-state index is 1.02. The maximum absolute atomic E-state index is 2.38. The molecule has 0 atom stereocenters. The third-order valence-electron chi connectivity index (χ3n) is 11.2. The highest BCUT2D eigenvalue weighted by Gasteiger charge is 2.20. The molecule has 0 radical (unpaired) electrons. The highest BCUT2D eigenvalue weighted by atomic mass is 14.2. The van der Waals surface area contributed by atoms with E-state index in [0.717, 1.165) is 6.42 Å². The molecular weight excluding hydrogens is 613 g/mol. The molecule has 10 aromatic carbocycles. The van der Waals surface area contributed by atoms with Gasteiger partial charge in [0.2, 0.25) is 0 Å². The van der Waals surface area contributed by atoms with Crippen LogP contribution in [-0.4, -0.2) is 0 Å². The molecule has 0 aromatic heterocycles. The number of fused-ring (bicyclic) bond motifs is 9. The molecule has 0 aliphatic heterocycles. The maximum Gasteiger partial charge on any atom is -0.00134 e. The molecule has 236 valence electrons. The lowest BCUT2D eigenvalue weighted by atomic mass is 9.84. The zero-order chi connectivity index (χ0) is 33.5. The molecule has 0 fully saturated rings. The Hall–Kier alpha value is -6.50. The highest BCUT2D eigenvalue weighted by molar-refractivity contribution is 6.25. The van der Waals surface area contributed by atoms with Gasteiger partial charge in [0.1, 0.15) is 0 Å². The summed E-state index contributed by atoms with van der Waals surface area (Å²) in [6.45, 7) is 0. The van der Waals surface area contributed by atoms with Crippen LogP contribution in [0.5, 0.6) is 0 Å². The van der Waals surface area contributed by atoms with E-state index >= 15 is 0 Å². The Morgan fingerprint density at radius 3 is 1.57 bits per heavy atom. The average molecular weight is 645 g/mol. The summed E-state index contributed by atoms with van der Waals surface area (Å²) in [6.07, 6.45) is 1.02. The first kappa shape index (κ1) is 28.3. The standard InChI is InChI=1S/C51H32/c1-3-12-40-32(10-1)26-27-43-42(40)18-9-19-44(43)51-47-16-7-5-14-45(47)50(46-15-6-8-17-48(46)51)39-25-23-33-28-34(20-21-35(33)29-39)36-22-24-38-30-37-11-2-4-13-41(37)49(38)31-36/h1-29,31H,30H2. The normalized spacial score (nSPS) is 12.2. The quantitative estimate of drug-likeness (QED) is 0.133. The molecule has 10 aromatic rings. The third-order valence-corrected chi connectivity index (χ3v) is 11.2. The van der Waals surface area contributed by atoms with E-state index in [4.69, 9.17) is 0 Å². The predicted octanol–water partition coefficient (Wildman–Crippen LogP) is 14.0. The Bertz CT molecular complexity index is 2990. The number of hydrogen-bond donors (Lipinski definition) is 0. The van der Waals surface area contributed by atoms with Crippen LogP contribution in [0.15, 0.2) is 182 Å². The van der Waals surface area contributed by atoms with E-state index in [0.29, 0.717) is 0 Å². The Labute approximate surface area is 296 Å². The summed E-state index contributed by atoms with van der Waals surface area (Å²) in [5, 5.41) is 12.8. The summed E-state index contributed by atoms with van der Waals surface area (Å²) in [6, 6.07) is 67.8. The first-order valence-corrected chi connectivity index (χ1v) is 17.9. The van der Waals surface area contributed by atoms with Gasteiger partial charge in [-0.15, -0.1) is 0 Å². The van der Waals surface area contributed by atoms with Crippen molar-refractivity contribution in [2.24, 2.45) is 0 Å².